The summed E-state index contributed by atoms with van der Waals surface area (Å²) >= 11 is 0. The monoisotopic (exact) mass is 305 g/mol. The van der Waals surface area contributed by atoms with Gasteiger partial charge in [0.1, 0.15) is 0 Å². The number of nitrogens with two attached hydrogens (primary N) is 1. The number of nitrogen functional groups attached to an aromatic ring is 1. The first-order valence-corrected chi connectivity index (χ1v) is 6.95. The highest BCUT2D eigenvalue weighted by molar-refractivity contribution is 6.27. The molecule has 4 aromatic carbocycles. The van der Waals surface area contributed by atoms with Crippen molar-refractivity contribution in [1.82, 2.24) is 0 Å². The molecule has 5 nitrogen and oxygen atoms in total. The highest BCUT2D eigenvalue weighted by atomic mass is 16.4. The van der Waals surface area contributed by atoms with E-state index in [0.29, 0.717) is 5.39 Å². The van der Waals surface area contributed by atoms with Crippen LogP contribution in [-0.2, 0) is 0 Å². The van der Waals surface area contributed by atoms with Crippen molar-refractivity contribution in [2.24, 2.45) is 0 Å². The molecule has 5 heteroatoms. The van der Waals surface area contributed by atoms with E-state index in [1.165, 1.54) is 0 Å². The summed E-state index contributed by atoms with van der Waals surface area (Å²) in [7, 11) is 0. The molecule has 4 N–H and O–H groups in total. The van der Waals surface area contributed by atoms with Crippen LogP contribution in [-0.4, -0.2) is 22.2 Å². The van der Waals surface area contributed by atoms with E-state index < -0.39 is 11.9 Å². The van der Waals surface area contributed by atoms with Gasteiger partial charge < -0.3 is 15.9 Å². The molecule has 0 radical (unpaired) electrons. The van der Waals surface area contributed by atoms with Crippen molar-refractivity contribution in [3.8, 4) is 0 Å². The fourth-order valence-corrected chi connectivity index (χ4v) is 3.22. The van der Waals surface area contributed by atoms with Crippen LogP contribution in [0, 0.1) is 0 Å². The molecule has 0 fully saturated rings. The quantitative estimate of drug-likeness (QED) is 0.388. The van der Waals surface area contributed by atoms with Gasteiger partial charge in [0.15, 0.2) is 0 Å². The van der Waals surface area contributed by atoms with E-state index in [4.69, 9.17) is 5.73 Å². The first-order valence-electron chi connectivity index (χ1n) is 6.95. The van der Waals surface area contributed by atoms with Crippen LogP contribution in [0.25, 0.3) is 32.3 Å². The van der Waals surface area contributed by atoms with Crippen LogP contribution in [0.3, 0.4) is 0 Å². The maximum atomic E-state index is 11.4. The van der Waals surface area contributed by atoms with Crippen molar-refractivity contribution >= 4 is 49.9 Å². The molecule has 0 atom stereocenters. The van der Waals surface area contributed by atoms with E-state index in [9.17, 15) is 19.8 Å². The predicted octanol–water partition coefficient (Wildman–Crippen LogP) is 3.56. The summed E-state index contributed by atoms with van der Waals surface area (Å²) in [6.45, 7) is 0. The number of hydrogen-bond donors (Lipinski definition) is 3. The molecule has 23 heavy (non-hydrogen) atoms. The first kappa shape index (κ1) is 13.3. The van der Waals surface area contributed by atoms with Gasteiger partial charge in [-0.05, 0) is 45.1 Å². The van der Waals surface area contributed by atoms with Crippen LogP contribution in [0.2, 0.25) is 0 Å². The van der Waals surface area contributed by atoms with Crippen molar-refractivity contribution in [1.29, 1.82) is 0 Å². The average Bonchev–Trinajstić information content (AvgIpc) is 2.53. The number of carbonyl (C=O) groups is 2. The van der Waals surface area contributed by atoms with Crippen LogP contribution in [0.15, 0.2) is 42.5 Å². The minimum Gasteiger partial charge on any atom is -0.478 e. The molecule has 0 spiro atoms. The van der Waals surface area contributed by atoms with Crippen LogP contribution >= 0.6 is 0 Å². The normalized spacial score (nSPS) is 11.5. The molecular weight excluding hydrogens is 294 g/mol. The minimum atomic E-state index is -1.07. The number of aromatic carboxylic acids is 2. The van der Waals surface area contributed by atoms with Crippen LogP contribution in [0.4, 0.5) is 5.69 Å². The molecule has 0 aliphatic heterocycles. The fourth-order valence-electron chi connectivity index (χ4n) is 3.22. The van der Waals surface area contributed by atoms with Gasteiger partial charge in [-0.2, -0.15) is 0 Å². The number of rotatable bonds is 2. The summed E-state index contributed by atoms with van der Waals surface area (Å²) in [5.41, 5.74) is 6.55. The van der Waals surface area contributed by atoms with E-state index >= 15 is 0 Å². The largest absolute Gasteiger partial charge is 0.478 e. The van der Waals surface area contributed by atoms with Gasteiger partial charge >= 0.3 is 11.9 Å². The lowest BCUT2D eigenvalue weighted by atomic mass is 9.90. The number of carboxylic acids is 2. The molecule has 4 rings (SSSR count). The second kappa shape index (κ2) is 4.33. The Bertz CT molecular complexity index is 1110. The number of anilines is 1. The molecule has 0 saturated heterocycles. The number of carboxylic acid groups (broad SMARTS) is 2. The third-order valence-electron chi connectivity index (χ3n) is 4.24. The van der Waals surface area contributed by atoms with Gasteiger partial charge in [0.25, 0.3) is 0 Å². The van der Waals surface area contributed by atoms with Crippen LogP contribution in [0.5, 0.6) is 0 Å². The molecular formula is C18H11NO4. The summed E-state index contributed by atoms with van der Waals surface area (Å²) in [5, 5.41) is 23.3. The molecule has 0 aliphatic rings. The Hall–Kier alpha value is -3.34. The summed E-state index contributed by atoms with van der Waals surface area (Å²) in [6.07, 6.45) is 0. The van der Waals surface area contributed by atoms with Crippen molar-refractivity contribution in [3.05, 3.63) is 53.6 Å². The van der Waals surface area contributed by atoms with Crippen LogP contribution < -0.4 is 5.73 Å². The Labute approximate surface area is 129 Å². The number of benzene rings is 4. The molecule has 0 aromatic heterocycles. The van der Waals surface area contributed by atoms with Gasteiger partial charge in [-0.15, -0.1) is 0 Å². The summed E-state index contributed by atoms with van der Waals surface area (Å²) in [4.78, 5) is 22.6. The molecule has 0 amide bonds. The molecule has 4 aromatic rings. The summed E-state index contributed by atoms with van der Waals surface area (Å²) in [5.74, 6) is -2.05. The first-order chi connectivity index (χ1) is 11.0. The predicted molar refractivity (Wildman–Crippen MR) is 88.5 cm³/mol. The summed E-state index contributed by atoms with van der Waals surface area (Å²) in [6, 6.07) is 11.9. The fraction of sp³-hybridized carbons (Fsp3) is 0. The topological polar surface area (TPSA) is 101 Å². The lowest BCUT2D eigenvalue weighted by Gasteiger charge is -2.14. The Kier molecular flexibility index (Phi) is 2.51. The smallest absolute Gasteiger partial charge is 0.337 e. The molecule has 0 unspecified atom stereocenters. The Morgan fingerprint density at radius 1 is 0.783 bits per heavy atom. The second-order valence-electron chi connectivity index (χ2n) is 5.52. The average molecular weight is 305 g/mol. The molecule has 0 aliphatic carbocycles. The van der Waals surface area contributed by atoms with E-state index in [2.05, 4.69) is 0 Å². The zero-order valence-corrected chi connectivity index (χ0v) is 11.8. The highest BCUT2D eigenvalue weighted by Crippen LogP contribution is 2.39. The lowest BCUT2D eigenvalue weighted by molar-refractivity contribution is 0.0687. The lowest BCUT2D eigenvalue weighted by Crippen LogP contribution is -2.04. The van der Waals surface area contributed by atoms with E-state index in [1.54, 1.807) is 42.5 Å². The van der Waals surface area contributed by atoms with Crippen molar-refractivity contribution in [3.63, 3.8) is 0 Å². The zero-order valence-electron chi connectivity index (χ0n) is 11.8. The molecule has 0 saturated carbocycles. The van der Waals surface area contributed by atoms with Gasteiger partial charge in [-0.3, -0.25) is 0 Å². The van der Waals surface area contributed by atoms with Gasteiger partial charge in [-0.25, -0.2) is 9.59 Å². The third-order valence-corrected chi connectivity index (χ3v) is 4.24. The summed E-state index contributed by atoms with van der Waals surface area (Å²) < 4.78 is 0. The maximum Gasteiger partial charge on any atom is 0.337 e. The number of hydrogen-bond acceptors (Lipinski definition) is 3. The zero-order chi connectivity index (χ0) is 16.3. The van der Waals surface area contributed by atoms with Crippen molar-refractivity contribution in [2.45, 2.75) is 0 Å². The van der Waals surface area contributed by atoms with E-state index in [0.717, 1.165) is 26.9 Å². The van der Waals surface area contributed by atoms with Crippen molar-refractivity contribution < 1.29 is 19.8 Å². The molecule has 0 bridgehead atoms. The Morgan fingerprint density at radius 2 is 1.35 bits per heavy atom. The molecule has 0 heterocycles. The standard InChI is InChI=1S/C18H11NO4/c19-16-12-4-3-9-6-11(17(20)21)5-8-1-2-10(15(12)14(8)9)7-13(16)18(22)23/h1-7H,19H2,(H,20,21)(H,22,23). The second-order valence-corrected chi connectivity index (χ2v) is 5.52. The SMILES string of the molecule is Nc1c(C(=O)O)cc2ccc3cc(C(=O)O)cc4ccc1c2c34. The molecule has 112 valence electrons. The minimum absolute atomic E-state index is 0.0714. The van der Waals surface area contributed by atoms with E-state index in [1.807, 2.05) is 0 Å². The van der Waals surface area contributed by atoms with Gasteiger partial charge in [0.2, 0.25) is 0 Å². The third kappa shape index (κ3) is 1.73. The Balaban J connectivity index is 2.25. The van der Waals surface area contributed by atoms with Gasteiger partial charge in [0.05, 0.1) is 16.8 Å². The van der Waals surface area contributed by atoms with Gasteiger partial charge in [0, 0.05) is 5.39 Å². The Morgan fingerprint density at radius 3 is 1.91 bits per heavy atom. The highest BCUT2D eigenvalue weighted by Gasteiger charge is 2.17. The maximum absolute atomic E-state index is 11.4. The van der Waals surface area contributed by atoms with Crippen molar-refractivity contribution in [2.75, 3.05) is 5.73 Å². The van der Waals surface area contributed by atoms with Crippen LogP contribution in [0.1, 0.15) is 20.7 Å². The van der Waals surface area contributed by atoms with E-state index in [-0.39, 0.29) is 16.8 Å². The van der Waals surface area contributed by atoms with Gasteiger partial charge in [-0.1, -0.05) is 24.3 Å².